The molecule has 1 aromatic rings. The van der Waals surface area contributed by atoms with Gasteiger partial charge in [-0.2, -0.15) is 4.98 Å². The molecule has 17 heavy (non-hydrogen) atoms. The highest BCUT2D eigenvalue weighted by molar-refractivity contribution is 4.87. The summed E-state index contributed by atoms with van der Waals surface area (Å²) in [7, 11) is 0. The summed E-state index contributed by atoms with van der Waals surface area (Å²) in [5.74, 6) is 1.43. The molecule has 0 radical (unpaired) electrons. The molecule has 0 aliphatic heterocycles. The summed E-state index contributed by atoms with van der Waals surface area (Å²) < 4.78 is 5.01. The van der Waals surface area contributed by atoms with Crippen LogP contribution in [0, 0.1) is 6.92 Å². The van der Waals surface area contributed by atoms with E-state index in [9.17, 15) is 0 Å². The summed E-state index contributed by atoms with van der Waals surface area (Å²) in [4.78, 5) is 6.69. The largest absolute Gasteiger partial charge is 0.340 e. The van der Waals surface area contributed by atoms with Gasteiger partial charge in [0.05, 0.1) is 6.54 Å². The molecule has 5 heteroatoms. The molecule has 0 amide bonds. The van der Waals surface area contributed by atoms with E-state index in [2.05, 4.69) is 22.0 Å². The molecule has 1 aliphatic carbocycles. The highest BCUT2D eigenvalue weighted by Crippen LogP contribution is 2.22. The van der Waals surface area contributed by atoms with Crippen LogP contribution < -0.4 is 5.73 Å². The third-order valence-corrected chi connectivity index (χ3v) is 3.58. The monoisotopic (exact) mass is 238 g/mol. The summed E-state index contributed by atoms with van der Waals surface area (Å²) in [6.07, 6.45) is 4.64. The number of rotatable bonds is 4. The summed E-state index contributed by atoms with van der Waals surface area (Å²) in [6.45, 7) is 5.81. The SMILES string of the molecule is CCN(Cc1noc(C)n1)C1CCC(N)CC1. The lowest BCUT2D eigenvalue weighted by molar-refractivity contribution is 0.144. The van der Waals surface area contributed by atoms with Crippen LogP contribution in [0.5, 0.6) is 0 Å². The molecule has 96 valence electrons. The molecule has 1 aromatic heterocycles. The minimum absolute atomic E-state index is 0.400. The van der Waals surface area contributed by atoms with Gasteiger partial charge < -0.3 is 10.3 Å². The zero-order chi connectivity index (χ0) is 12.3. The Hall–Kier alpha value is -0.940. The topological polar surface area (TPSA) is 68.2 Å². The Kier molecular flexibility index (Phi) is 4.12. The van der Waals surface area contributed by atoms with E-state index >= 15 is 0 Å². The highest BCUT2D eigenvalue weighted by Gasteiger charge is 2.24. The van der Waals surface area contributed by atoms with Crippen LogP contribution >= 0.6 is 0 Å². The Morgan fingerprint density at radius 3 is 2.59 bits per heavy atom. The number of nitrogens with zero attached hydrogens (tertiary/aromatic N) is 3. The van der Waals surface area contributed by atoms with Crippen LogP contribution in [-0.4, -0.2) is 33.7 Å². The van der Waals surface area contributed by atoms with E-state index in [0.29, 0.717) is 18.0 Å². The fourth-order valence-corrected chi connectivity index (χ4v) is 2.55. The lowest BCUT2D eigenvalue weighted by atomic mass is 9.91. The average Bonchev–Trinajstić information content (AvgIpc) is 2.73. The predicted molar refractivity (Wildman–Crippen MR) is 65.4 cm³/mol. The summed E-state index contributed by atoms with van der Waals surface area (Å²) in [6, 6.07) is 1.02. The van der Waals surface area contributed by atoms with Gasteiger partial charge in [-0.05, 0) is 32.2 Å². The summed E-state index contributed by atoms with van der Waals surface area (Å²) in [5, 5.41) is 3.96. The molecule has 2 rings (SSSR count). The maximum Gasteiger partial charge on any atom is 0.223 e. The first-order chi connectivity index (χ1) is 8.19. The number of aromatic nitrogens is 2. The van der Waals surface area contributed by atoms with Crippen LogP contribution in [0.25, 0.3) is 0 Å². The van der Waals surface area contributed by atoms with Crippen LogP contribution in [-0.2, 0) is 6.54 Å². The van der Waals surface area contributed by atoms with Crippen molar-refractivity contribution in [1.82, 2.24) is 15.0 Å². The molecule has 1 aliphatic rings. The quantitative estimate of drug-likeness (QED) is 0.860. The van der Waals surface area contributed by atoms with Gasteiger partial charge >= 0.3 is 0 Å². The van der Waals surface area contributed by atoms with Crippen molar-refractivity contribution in [3.63, 3.8) is 0 Å². The molecule has 0 unspecified atom stereocenters. The Morgan fingerprint density at radius 2 is 2.06 bits per heavy atom. The normalized spacial score (nSPS) is 25.4. The van der Waals surface area contributed by atoms with E-state index in [4.69, 9.17) is 10.3 Å². The molecular weight excluding hydrogens is 216 g/mol. The number of nitrogens with two attached hydrogens (primary N) is 1. The van der Waals surface area contributed by atoms with E-state index < -0.39 is 0 Å². The molecule has 0 spiro atoms. The minimum atomic E-state index is 0.400. The molecule has 0 saturated heterocycles. The summed E-state index contributed by atoms with van der Waals surface area (Å²) in [5.41, 5.74) is 5.94. The van der Waals surface area contributed by atoms with Gasteiger partial charge in [0.15, 0.2) is 5.82 Å². The van der Waals surface area contributed by atoms with Gasteiger partial charge in [-0.3, -0.25) is 4.90 Å². The van der Waals surface area contributed by atoms with Gasteiger partial charge in [-0.1, -0.05) is 12.1 Å². The Bertz CT molecular complexity index is 344. The van der Waals surface area contributed by atoms with Crippen molar-refractivity contribution in [1.29, 1.82) is 0 Å². The fourth-order valence-electron chi connectivity index (χ4n) is 2.55. The number of hydrogen-bond donors (Lipinski definition) is 1. The third kappa shape index (κ3) is 3.26. The molecule has 5 nitrogen and oxygen atoms in total. The lowest BCUT2D eigenvalue weighted by Gasteiger charge is -2.34. The van der Waals surface area contributed by atoms with Crippen molar-refractivity contribution in [3.8, 4) is 0 Å². The van der Waals surface area contributed by atoms with Crippen LogP contribution in [0.3, 0.4) is 0 Å². The van der Waals surface area contributed by atoms with Gasteiger partial charge in [0.1, 0.15) is 0 Å². The average molecular weight is 238 g/mol. The molecule has 0 aromatic carbocycles. The first-order valence-electron chi connectivity index (χ1n) is 6.48. The molecule has 0 bridgehead atoms. The second-order valence-electron chi connectivity index (χ2n) is 4.86. The van der Waals surface area contributed by atoms with Crippen LogP contribution in [0.1, 0.15) is 44.3 Å². The van der Waals surface area contributed by atoms with Gasteiger partial charge in [0.25, 0.3) is 0 Å². The second-order valence-corrected chi connectivity index (χ2v) is 4.86. The van der Waals surface area contributed by atoms with Crippen molar-refractivity contribution >= 4 is 0 Å². The molecule has 2 N–H and O–H groups in total. The smallest absolute Gasteiger partial charge is 0.223 e. The fraction of sp³-hybridized carbons (Fsp3) is 0.833. The van der Waals surface area contributed by atoms with E-state index in [0.717, 1.165) is 31.8 Å². The second kappa shape index (κ2) is 5.60. The number of aryl methyl sites for hydroxylation is 1. The highest BCUT2D eigenvalue weighted by atomic mass is 16.5. The maximum absolute atomic E-state index is 5.94. The van der Waals surface area contributed by atoms with Crippen molar-refractivity contribution < 1.29 is 4.52 Å². The van der Waals surface area contributed by atoms with Crippen LogP contribution in [0.2, 0.25) is 0 Å². The van der Waals surface area contributed by atoms with Crippen molar-refractivity contribution in [2.75, 3.05) is 6.54 Å². The van der Waals surface area contributed by atoms with Gasteiger partial charge in [0.2, 0.25) is 5.89 Å². The first kappa shape index (κ1) is 12.5. The molecular formula is C12H22N4O. The molecule has 1 fully saturated rings. The van der Waals surface area contributed by atoms with Crippen molar-refractivity contribution in [2.24, 2.45) is 5.73 Å². The van der Waals surface area contributed by atoms with E-state index in [1.807, 2.05) is 6.92 Å². The van der Waals surface area contributed by atoms with Crippen molar-refractivity contribution in [3.05, 3.63) is 11.7 Å². The Labute approximate surface area is 102 Å². The standard InChI is InChI=1S/C12H22N4O/c1-3-16(8-12-14-9(2)17-15-12)11-6-4-10(13)5-7-11/h10-11H,3-8,13H2,1-2H3. The van der Waals surface area contributed by atoms with E-state index in [1.165, 1.54) is 12.8 Å². The van der Waals surface area contributed by atoms with Gasteiger partial charge in [0, 0.05) is 19.0 Å². The molecule has 1 saturated carbocycles. The van der Waals surface area contributed by atoms with Gasteiger partial charge in [-0.15, -0.1) is 0 Å². The minimum Gasteiger partial charge on any atom is -0.340 e. The zero-order valence-corrected chi connectivity index (χ0v) is 10.7. The van der Waals surface area contributed by atoms with Gasteiger partial charge in [-0.25, -0.2) is 0 Å². The van der Waals surface area contributed by atoms with Crippen LogP contribution in [0.15, 0.2) is 4.52 Å². The maximum atomic E-state index is 5.94. The Morgan fingerprint density at radius 1 is 1.35 bits per heavy atom. The Balaban J connectivity index is 1.92. The van der Waals surface area contributed by atoms with E-state index in [1.54, 1.807) is 0 Å². The molecule has 0 atom stereocenters. The predicted octanol–water partition coefficient (Wildman–Crippen LogP) is 1.47. The first-order valence-corrected chi connectivity index (χ1v) is 6.48. The summed E-state index contributed by atoms with van der Waals surface area (Å²) >= 11 is 0. The lowest BCUT2D eigenvalue weighted by Crippen LogP contribution is -2.40. The number of hydrogen-bond acceptors (Lipinski definition) is 5. The zero-order valence-electron chi connectivity index (χ0n) is 10.7. The third-order valence-electron chi connectivity index (χ3n) is 3.58. The molecule has 1 heterocycles. The van der Waals surface area contributed by atoms with Crippen LogP contribution in [0.4, 0.5) is 0 Å². The van der Waals surface area contributed by atoms with Crippen molar-refractivity contribution in [2.45, 2.75) is 58.2 Å². The van der Waals surface area contributed by atoms with E-state index in [-0.39, 0.29) is 0 Å².